The van der Waals surface area contributed by atoms with E-state index in [1.165, 1.54) is 11.1 Å². The summed E-state index contributed by atoms with van der Waals surface area (Å²) in [5, 5.41) is 12.5. The molecule has 1 atom stereocenters. The normalized spacial score (nSPS) is 17.1. The maximum Gasteiger partial charge on any atom is 0.0446 e. The van der Waals surface area contributed by atoms with Gasteiger partial charge in [0.15, 0.2) is 0 Å². The molecule has 1 aromatic carbocycles. The van der Waals surface area contributed by atoms with E-state index in [0.29, 0.717) is 6.04 Å². The third-order valence-electron chi connectivity index (χ3n) is 3.36. The van der Waals surface area contributed by atoms with Crippen molar-refractivity contribution in [1.82, 2.24) is 10.2 Å². The van der Waals surface area contributed by atoms with Gasteiger partial charge in [0.25, 0.3) is 0 Å². The molecule has 0 bridgehead atoms. The average Bonchev–Trinajstić information content (AvgIpc) is 2.71. The Morgan fingerprint density at radius 2 is 1.94 bits per heavy atom. The van der Waals surface area contributed by atoms with Gasteiger partial charge in [-0.05, 0) is 24.1 Å². The van der Waals surface area contributed by atoms with Gasteiger partial charge in [0, 0.05) is 32.3 Å². The summed E-state index contributed by atoms with van der Waals surface area (Å²) in [5.74, 6) is 0. The van der Waals surface area contributed by atoms with Gasteiger partial charge < -0.3 is 10.4 Å². The van der Waals surface area contributed by atoms with Crippen LogP contribution in [0.4, 0.5) is 0 Å². The summed E-state index contributed by atoms with van der Waals surface area (Å²) in [5.41, 5.74) is 2.90. The molecule has 0 amide bonds. The van der Waals surface area contributed by atoms with E-state index in [9.17, 15) is 0 Å². The van der Waals surface area contributed by atoms with Crippen LogP contribution in [0.1, 0.15) is 24.5 Å². The van der Waals surface area contributed by atoms with Gasteiger partial charge in [-0.25, -0.2) is 0 Å². The monoisotopic (exact) mass is 234 g/mol. The molecule has 0 fully saturated rings. The molecular formula is C14H22N2O. The van der Waals surface area contributed by atoms with Gasteiger partial charge in [-0.2, -0.15) is 0 Å². The zero-order valence-electron chi connectivity index (χ0n) is 10.5. The minimum Gasteiger partial charge on any atom is -0.396 e. The summed E-state index contributed by atoms with van der Waals surface area (Å²) in [6, 6.07) is 9.04. The molecule has 1 aliphatic heterocycles. The molecule has 1 unspecified atom stereocenters. The summed E-state index contributed by atoms with van der Waals surface area (Å²) >= 11 is 0. The fourth-order valence-electron chi connectivity index (χ4n) is 2.55. The van der Waals surface area contributed by atoms with Gasteiger partial charge in [-0.3, -0.25) is 4.90 Å². The van der Waals surface area contributed by atoms with Crippen molar-refractivity contribution in [1.29, 1.82) is 0 Å². The number of nitrogens with one attached hydrogen (secondary N) is 1. The fourth-order valence-corrected chi connectivity index (χ4v) is 2.55. The van der Waals surface area contributed by atoms with Gasteiger partial charge >= 0.3 is 0 Å². The van der Waals surface area contributed by atoms with Gasteiger partial charge in [0.1, 0.15) is 0 Å². The summed E-state index contributed by atoms with van der Waals surface area (Å²) in [4.78, 5) is 2.45. The largest absolute Gasteiger partial charge is 0.396 e. The highest BCUT2D eigenvalue weighted by atomic mass is 16.3. The summed E-state index contributed by atoms with van der Waals surface area (Å²) in [7, 11) is 0. The van der Waals surface area contributed by atoms with Gasteiger partial charge in [0.2, 0.25) is 0 Å². The standard InChI is InChI=1S/C14H22N2O/c1-2-15-14(7-8-17)11-16-9-12-5-3-4-6-13(12)10-16/h3-6,14-15,17H,2,7-11H2,1H3. The molecule has 1 aromatic rings. The Labute approximate surface area is 103 Å². The van der Waals surface area contributed by atoms with E-state index in [4.69, 9.17) is 5.11 Å². The number of aliphatic hydroxyl groups excluding tert-OH is 1. The molecule has 0 saturated carbocycles. The third kappa shape index (κ3) is 3.28. The van der Waals surface area contributed by atoms with Gasteiger partial charge in [0.05, 0.1) is 0 Å². The number of likely N-dealkylation sites (N-methyl/N-ethyl adjacent to an activating group) is 1. The van der Waals surface area contributed by atoms with Crippen LogP contribution in [0, 0.1) is 0 Å². The van der Waals surface area contributed by atoms with Crippen LogP contribution in [0.2, 0.25) is 0 Å². The Bertz CT molecular complexity index is 323. The molecule has 1 heterocycles. The molecule has 2 N–H and O–H groups in total. The van der Waals surface area contributed by atoms with E-state index in [-0.39, 0.29) is 6.61 Å². The Balaban J connectivity index is 1.89. The molecule has 0 aromatic heterocycles. The highest BCUT2D eigenvalue weighted by Gasteiger charge is 2.20. The van der Waals surface area contributed by atoms with E-state index in [0.717, 1.165) is 32.6 Å². The molecule has 17 heavy (non-hydrogen) atoms. The minimum atomic E-state index is 0.262. The topological polar surface area (TPSA) is 35.5 Å². The number of hydrogen-bond donors (Lipinski definition) is 2. The minimum absolute atomic E-state index is 0.262. The fraction of sp³-hybridized carbons (Fsp3) is 0.571. The second kappa shape index (κ2) is 6.15. The molecule has 1 aliphatic rings. The van der Waals surface area contributed by atoms with Crippen LogP contribution < -0.4 is 5.32 Å². The van der Waals surface area contributed by atoms with Crippen LogP contribution in [0.15, 0.2) is 24.3 Å². The SMILES string of the molecule is CCNC(CCO)CN1Cc2ccccc2C1. The van der Waals surface area contributed by atoms with Crippen molar-refractivity contribution in [2.24, 2.45) is 0 Å². The number of fused-ring (bicyclic) bond motifs is 1. The van der Waals surface area contributed by atoms with E-state index >= 15 is 0 Å². The van der Waals surface area contributed by atoms with Crippen LogP contribution in [-0.2, 0) is 13.1 Å². The predicted octanol–water partition coefficient (Wildman–Crippen LogP) is 1.36. The molecule has 3 heteroatoms. The molecule has 3 nitrogen and oxygen atoms in total. The number of aliphatic hydroxyl groups is 1. The number of hydrogen-bond acceptors (Lipinski definition) is 3. The van der Waals surface area contributed by atoms with Crippen molar-refractivity contribution in [2.45, 2.75) is 32.5 Å². The van der Waals surface area contributed by atoms with E-state index in [1.807, 2.05) is 0 Å². The maximum atomic E-state index is 9.05. The Morgan fingerprint density at radius 3 is 2.47 bits per heavy atom. The highest BCUT2D eigenvalue weighted by Crippen LogP contribution is 2.22. The summed E-state index contributed by atoms with van der Waals surface area (Å²) < 4.78 is 0. The molecule has 0 radical (unpaired) electrons. The van der Waals surface area contributed by atoms with Crippen LogP contribution in [0.3, 0.4) is 0 Å². The highest BCUT2D eigenvalue weighted by molar-refractivity contribution is 5.30. The van der Waals surface area contributed by atoms with E-state index in [1.54, 1.807) is 0 Å². The predicted molar refractivity (Wildman–Crippen MR) is 69.7 cm³/mol. The second-order valence-electron chi connectivity index (χ2n) is 4.71. The lowest BCUT2D eigenvalue weighted by molar-refractivity contribution is 0.210. The Hall–Kier alpha value is -0.900. The van der Waals surface area contributed by atoms with Crippen LogP contribution in [-0.4, -0.2) is 35.7 Å². The molecule has 0 spiro atoms. The van der Waals surface area contributed by atoms with Crippen LogP contribution >= 0.6 is 0 Å². The van der Waals surface area contributed by atoms with Gasteiger partial charge in [-0.1, -0.05) is 31.2 Å². The molecule has 94 valence electrons. The first kappa shape index (κ1) is 12.6. The zero-order chi connectivity index (χ0) is 12.1. The third-order valence-corrected chi connectivity index (χ3v) is 3.36. The zero-order valence-corrected chi connectivity index (χ0v) is 10.5. The molecule has 2 rings (SSSR count). The molecular weight excluding hydrogens is 212 g/mol. The van der Waals surface area contributed by atoms with Gasteiger partial charge in [-0.15, -0.1) is 0 Å². The number of nitrogens with zero attached hydrogens (tertiary/aromatic N) is 1. The first-order valence-electron chi connectivity index (χ1n) is 6.47. The first-order chi connectivity index (χ1) is 8.33. The van der Waals surface area contributed by atoms with Crippen molar-refractivity contribution in [2.75, 3.05) is 19.7 Å². The summed E-state index contributed by atoms with van der Waals surface area (Å²) in [6.07, 6.45) is 0.834. The maximum absolute atomic E-state index is 9.05. The number of rotatable bonds is 6. The van der Waals surface area contributed by atoms with E-state index < -0.39 is 0 Å². The molecule has 0 aliphatic carbocycles. The van der Waals surface area contributed by atoms with Crippen molar-refractivity contribution in [3.05, 3.63) is 35.4 Å². The van der Waals surface area contributed by atoms with Crippen LogP contribution in [0.5, 0.6) is 0 Å². The molecule has 0 saturated heterocycles. The smallest absolute Gasteiger partial charge is 0.0446 e. The Morgan fingerprint density at radius 1 is 1.29 bits per heavy atom. The lowest BCUT2D eigenvalue weighted by atomic mass is 10.1. The average molecular weight is 234 g/mol. The lowest BCUT2D eigenvalue weighted by Crippen LogP contribution is -2.39. The number of benzene rings is 1. The Kier molecular flexibility index (Phi) is 4.54. The summed E-state index contributed by atoms with van der Waals surface area (Å²) in [6.45, 7) is 6.45. The first-order valence-corrected chi connectivity index (χ1v) is 6.47. The lowest BCUT2D eigenvalue weighted by Gasteiger charge is -2.23. The van der Waals surface area contributed by atoms with Crippen LogP contribution in [0.25, 0.3) is 0 Å². The van der Waals surface area contributed by atoms with E-state index in [2.05, 4.69) is 41.4 Å². The van der Waals surface area contributed by atoms with Crippen molar-refractivity contribution >= 4 is 0 Å². The van der Waals surface area contributed by atoms with Crippen molar-refractivity contribution in [3.8, 4) is 0 Å². The quantitative estimate of drug-likeness (QED) is 0.780. The second-order valence-corrected chi connectivity index (χ2v) is 4.71. The van der Waals surface area contributed by atoms with Crippen molar-refractivity contribution in [3.63, 3.8) is 0 Å². The van der Waals surface area contributed by atoms with Crippen molar-refractivity contribution < 1.29 is 5.11 Å².